The average molecular weight is 724 g/mol. The topological polar surface area (TPSA) is 3.24 Å². The van der Waals surface area contributed by atoms with Gasteiger partial charge in [-0.25, -0.2) is 0 Å². The van der Waals surface area contributed by atoms with Gasteiger partial charge in [0.25, 0.3) is 0 Å². The number of rotatable bonds is 6. The Labute approximate surface area is 332 Å². The fourth-order valence-electron chi connectivity index (χ4n) is 8.96. The predicted octanol–water partition coefficient (Wildman–Crippen LogP) is 15.9. The first kappa shape index (κ1) is 32.9. The van der Waals surface area contributed by atoms with Gasteiger partial charge in [-0.05, 0) is 142 Å². The van der Waals surface area contributed by atoms with Crippen molar-refractivity contribution in [2.45, 2.75) is 0 Å². The second-order valence-electron chi connectivity index (χ2n) is 14.9. The fourth-order valence-corrected chi connectivity index (χ4v) is 8.96. The second kappa shape index (κ2) is 13.7. The lowest BCUT2D eigenvalue weighted by Gasteiger charge is -2.27. The van der Waals surface area contributed by atoms with Crippen molar-refractivity contribution in [2.75, 3.05) is 4.90 Å². The van der Waals surface area contributed by atoms with E-state index in [1.165, 1.54) is 87.2 Å². The van der Waals surface area contributed by atoms with Crippen LogP contribution in [0.2, 0.25) is 0 Å². The van der Waals surface area contributed by atoms with Crippen molar-refractivity contribution < 1.29 is 0 Å². The standard InChI is InChI=1S/C56H37N/c1-4-18-40(19-5-1)51-37-52(43-30-28-38-16-10-12-20-41(38)34-43)55-50-33-32-47(57(45-22-6-2-7-23-45)46-24-8-3-9-25-46)36-53(50)48-26-14-15-27-49(48)56(55)54(51)44-31-29-39-17-11-13-21-42(39)35-44/h1-37H. The van der Waals surface area contributed by atoms with E-state index in [1.807, 2.05) is 0 Å². The van der Waals surface area contributed by atoms with E-state index in [4.69, 9.17) is 0 Å². The van der Waals surface area contributed by atoms with Gasteiger partial charge >= 0.3 is 0 Å². The molecule has 0 aliphatic rings. The van der Waals surface area contributed by atoms with E-state index in [0.717, 1.165) is 17.1 Å². The normalized spacial score (nSPS) is 11.5. The van der Waals surface area contributed by atoms with Crippen LogP contribution >= 0.6 is 0 Å². The Kier molecular flexibility index (Phi) is 7.89. The molecule has 0 N–H and O–H groups in total. The van der Waals surface area contributed by atoms with Gasteiger partial charge in [-0.3, -0.25) is 0 Å². The molecule has 0 aliphatic heterocycles. The Balaban J connectivity index is 1.31. The van der Waals surface area contributed by atoms with Gasteiger partial charge in [0, 0.05) is 17.1 Å². The van der Waals surface area contributed by atoms with Gasteiger partial charge in [0.2, 0.25) is 0 Å². The molecule has 0 heterocycles. The lowest BCUT2D eigenvalue weighted by Crippen LogP contribution is -2.09. The minimum absolute atomic E-state index is 1.12. The zero-order chi connectivity index (χ0) is 37.7. The molecule has 0 aromatic heterocycles. The molecule has 266 valence electrons. The monoisotopic (exact) mass is 723 g/mol. The Morgan fingerprint density at radius 3 is 1.40 bits per heavy atom. The molecule has 0 spiro atoms. The highest BCUT2D eigenvalue weighted by atomic mass is 15.1. The van der Waals surface area contributed by atoms with Crippen molar-refractivity contribution in [1.29, 1.82) is 0 Å². The van der Waals surface area contributed by atoms with E-state index in [1.54, 1.807) is 0 Å². The molecular formula is C56H37N. The summed E-state index contributed by atoms with van der Waals surface area (Å²) in [6.07, 6.45) is 0. The minimum Gasteiger partial charge on any atom is -0.310 e. The van der Waals surface area contributed by atoms with Gasteiger partial charge in [-0.1, -0.05) is 170 Å². The van der Waals surface area contributed by atoms with E-state index in [2.05, 4.69) is 229 Å². The largest absolute Gasteiger partial charge is 0.310 e. The third kappa shape index (κ3) is 5.63. The number of fused-ring (bicyclic) bond motifs is 8. The highest BCUT2D eigenvalue weighted by Crippen LogP contribution is 2.50. The van der Waals surface area contributed by atoms with Gasteiger partial charge in [0.15, 0.2) is 0 Å². The maximum absolute atomic E-state index is 2.47. The highest BCUT2D eigenvalue weighted by Gasteiger charge is 2.23. The van der Waals surface area contributed by atoms with Gasteiger partial charge in [-0.15, -0.1) is 0 Å². The minimum atomic E-state index is 1.12. The molecule has 0 saturated carbocycles. The molecule has 0 saturated heterocycles. The van der Waals surface area contributed by atoms with E-state index in [9.17, 15) is 0 Å². The van der Waals surface area contributed by atoms with Crippen LogP contribution in [0.15, 0.2) is 224 Å². The number of benzene rings is 11. The van der Waals surface area contributed by atoms with Crippen LogP contribution in [0.4, 0.5) is 17.1 Å². The number of hydrogen-bond donors (Lipinski definition) is 0. The lowest BCUT2D eigenvalue weighted by atomic mass is 9.81. The average Bonchev–Trinajstić information content (AvgIpc) is 3.29. The van der Waals surface area contributed by atoms with Gasteiger partial charge < -0.3 is 4.90 Å². The summed E-state index contributed by atoms with van der Waals surface area (Å²) in [5.41, 5.74) is 10.7. The van der Waals surface area contributed by atoms with Crippen molar-refractivity contribution in [3.63, 3.8) is 0 Å². The van der Waals surface area contributed by atoms with Crippen LogP contribution < -0.4 is 4.90 Å². The van der Waals surface area contributed by atoms with Gasteiger partial charge in [0.1, 0.15) is 0 Å². The first-order chi connectivity index (χ1) is 28.3. The number of hydrogen-bond acceptors (Lipinski definition) is 1. The maximum atomic E-state index is 2.47. The first-order valence-corrected chi connectivity index (χ1v) is 19.7. The molecule has 0 atom stereocenters. The Hall–Kier alpha value is -7.48. The SMILES string of the molecule is c1ccc(-c2cc(-c3ccc4ccccc4c3)c3c4ccc(N(c5ccccc5)c5ccccc5)cc4c4ccccc4c3c2-c2ccc3ccccc3c2)cc1. The molecule has 1 heteroatoms. The van der Waals surface area contributed by atoms with E-state index in [0.29, 0.717) is 0 Å². The quantitative estimate of drug-likeness (QED) is 0.154. The molecule has 0 bridgehead atoms. The molecular weight excluding hydrogens is 687 g/mol. The molecule has 11 aromatic carbocycles. The summed E-state index contributed by atoms with van der Waals surface area (Å²) in [7, 11) is 0. The van der Waals surface area contributed by atoms with Crippen molar-refractivity contribution in [3.05, 3.63) is 224 Å². The molecule has 1 nitrogen and oxygen atoms in total. The predicted molar refractivity (Wildman–Crippen MR) is 245 cm³/mol. The summed E-state index contributed by atoms with van der Waals surface area (Å²) in [6.45, 7) is 0. The summed E-state index contributed by atoms with van der Waals surface area (Å²) >= 11 is 0. The molecule has 11 rings (SSSR count). The summed E-state index contributed by atoms with van der Waals surface area (Å²) in [6, 6.07) is 82.2. The maximum Gasteiger partial charge on any atom is 0.0468 e. The molecule has 0 unspecified atom stereocenters. The summed E-state index contributed by atoms with van der Waals surface area (Å²) in [5, 5.41) is 12.4. The number of nitrogens with zero attached hydrogens (tertiary/aromatic N) is 1. The van der Waals surface area contributed by atoms with Gasteiger partial charge in [-0.2, -0.15) is 0 Å². The summed E-state index contributed by atoms with van der Waals surface area (Å²) < 4.78 is 0. The van der Waals surface area contributed by atoms with Crippen molar-refractivity contribution >= 4 is 70.9 Å². The first-order valence-electron chi connectivity index (χ1n) is 19.7. The van der Waals surface area contributed by atoms with Crippen molar-refractivity contribution in [1.82, 2.24) is 0 Å². The molecule has 0 amide bonds. The van der Waals surface area contributed by atoms with Crippen molar-refractivity contribution in [3.8, 4) is 33.4 Å². The highest BCUT2D eigenvalue weighted by molar-refractivity contribution is 6.33. The fraction of sp³-hybridized carbons (Fsp3) is 0. The van der Waals surface area contributed by atoms with E-state index >= 15 is 0 Å². The van der Waals surface area contributed by atoms with Crippen LogP contribution in [0, 0.1) is 0 Å². The van der Waals surface area contributed by atoms with Crippen LogP contribution in [0.25, 0.3) is 87.2 Å². The molecule has 0 aliphatic carbocycles. The lowest BCUT2D eigenvalue weighted by molar-refractivity contribution is 1.29. The number of anilines is 3. The van der Waals surface area contributed by atoms with Gasteiger partial charge in [0.05, 0.1) is 0 Å². The Morgan fingerprint density at radius 1 is 0.246 bits per heavy atom. The second-order valence-corrected chi connectivity index (χ2v) is 14.9. The summed E-state index contributed by atoms with van der Waals surface area (Å²) in [4.78, 5) is 2.36. The van der Waals surface area contributed by atoms with Crippen LogP contribution in [0.3, 0.4) is 0 Å². The third-order valence-corrected chi connectivity index (χ3v) is 11.6. The van der Waals surface area contributed by atoms with Crippen LogP contribution in [-0.2, 0) is 0 Å². The van der Waals surface area contributed by atoms with Crippen LogP contribution in [-0.4, -0.2) is 0 Å². The molecule has 0 fully saturated rings. The zero-order valence-corrected chi connectivity index (χ0v) is 31.3. The number of para-hydroxylation sites is 2. The smallest absolute Gasteiger partial charge is 0.0468 e. The Morgan fingerprint density at radius 2 is 0.754 bits per heavy atom. The molecule has 0 radical (unpaired) electrons. The van der Waals surface area contributed by atoms with Crippen LogP contribution in [0.1, 0.15) is 0 Å². The van der Waals surface area contributed by atoms with Crippen LogP contribution in [0.5, 0.6) is 0 Å². The molecule has 57 heavy (non-hydrogen) atoms. The molecule has 11 aromatic rings. The van der Waals surface area contributed by atoms with Crippen molar-refractivity contribution in [2.24, 2.45) is 0 Å². The Bertz CT molecular complexity index is 3240. The van der Waals surface area contributed by atoms with E-state index < -0.39 is 0 Å². The summed E-state index contributed by atoms with van der Waals surface area (Å²) in [5.74, 6) is 0. The zero-order valence-electron chi connectivity index (χ0n) is 31.3. The van der Waals surface area contributed by atoms with E-state index in [-0.39, 0.29) is 0 Å². The third-order valence-electron chi connectivity index (χ3n) is 11.6.